The van der Waals surface area contributed by atoms with Gasteiger partial charge in [0, 0.05) is 10.4 Å². The lowest BCUT2D eigenvalue weighted by Gasteiger charge is -1.88. The Labute approximate surface area is 98.5 Å². The van der Waals surface area contributed by atoms with Gasteiger partial charge in [-0.15, -0.1) is 11.3 Å². The van der Waals surface area contributed by atoms with Crippen LogP contribution in [0.25, 0.3) is 20.7 Å². The minimum absolute atomic E-state index is 0.138. The summed E-state index contributed by atoms with van der Waals surface area (Å²) in [7, 11) is 0. The van der Waals surface area contributed by atoms with Gasteiger partial charge in [0.25, 0.3) is 5.56 Å². The minimum atomic E-state index is -0.138. The average molecular weight is 253 g/mol. The minimum Gasteiger partial charge on any atom is -0.452 e. The maximum atomic E-state index is 11.5. The van der Waals surface area contributed by atoms with E-state index in [9.17, 15) is 4.79 Å². The van der Waals surface area contributed by atoms with Crippen molar-refractivity contribution in [2.45, 2.75) is 0 Å². The first-order chi connectivity index (χ1) is 7.75. The molecule has 0 saturated heterocycles. The van der Waals surface area contributed by atoms with Gasteiger partial charge < -0.3 is 9.40 Å². The van der Waals surface area contributed by atoms with Gasteiger partial charge in [-0.05, 0) is 23.7 Å². The zero-order valence-electron chi connectivity index (χ0n) is 7.86. The summed E-state index contributed by atoms with van der Waals surface area (Å²) in [4.78, 5) is 19.0. The van der Waals surface area contributed by atoms with E-state index >= 15 is 0 Å². The van der Waals surface area contributed by atoms with E-state index in [1.165, 1.54) is 23.9 Å². The number of nitrogens with zero attached hydrogens (tertiary/aromatic N) is 1. The zero-order chi connectivity index (χ0) is 11.1. The molecule has 0 bridgehead atoms. The van der Waals surface area contributed by atoms with E-state index in [-0.39, 0.29) is 5.56 Å². The molecule has 16 heavy (non-hydrogen) atoms. The number of rotatable bonds is 1. The van der Waals surface area contributed by atoms with Crippen molar-refractivity contribution in [2.75, 3.05) is 0 Å². The van der Waals surface area contributed by atoms with Gasteiger partial charge in [0.15, 0.2) is 0 Å². The van der Waals surface area contributed by atoms with E-state index in [4.69, 9.17) is 16.0 Å². The number of aromatic nitrogens is 2. The third kappa shape index (κ3) is 1.36. The molecular formula is C10H5ClN2O2S. The highest BCUT2D eigenvalue weighted by molar-refractivity contribution is 7.22. The van der Waals surface area contributed by atoms with Gasteiger partial charge in [0.1, 0.15) is 4.70 Å². The molecule has 0 spiro atoms. The number of thiophene rings is 1. The fourth-order valence-electron chi connectivity index (χ4n) is 1.47. The van der Waals surface area contributed by atoms with Crippen molar-refractivity contribution < 1.29 is 4.42 Å². The van der Waals surface area contributed by atoms with Gasteiger partial charge in [-0.2, -0.15) is 0 Å². The summed E-state index contributed by atoms with van der Waals surface area (Å²) in [6.07, 6.45) is 2.90. The monoisotopic (exact) mass is 252 g/mol. The summed E-state index contributed by atoms with van der Waals surface area (Å²) in [6, 6.07) is 3.59. The Hall–Kier alpha value is -1.59. The van der Waals surface area contributed by atoms with Crippen LogP contribution < -0.4 is 5.56 Å². The smallest absolute Gasteiger partial charge is 0.268 e. The molecule has 0 radical (unpaired) electrons. The van der Waals surface area contributed by atoms with Crippen LogP contribution in [0.15, 0.2) is 33.9 Å². The summed E-state index contributed by atoms with van der Waals surface area (Å²) in [5, 5.41) is 0.322. The standard InChI is InChI=1S/C10H5ClN2O2S/c11-9-5(1-2-15-9)7-3-6-8(16-7)10(14)13-4-12-6/h1-4H,(H,12,13,14). The van der Waals surface area contributed by atoms with Gasteiger partial charge in [0.05, 0.1) is 18.1 Å². The molecule has 0 aromatic carbocycles. The first-order valence-electron chi connectivity index (χ1n) is 4.46. The summed E-state index contributed by atoms with van der Waals surface area (Å²) < 4.78 is 5.60. The second kappa shape index (κ2) is 3.47. The Morgan fingerprint density at radius 2 is 2.38 bits per heavy atom. The van der Waals surface area contributed by atoms with Crippen molar-refractivity contribution in [3.05, 3.63) is 40.3 Å². The third-order valence-electron chi connectivity index (χ3n) is 2.20. The summed E-state index contributed by atoms with van der Waals surface area (Å²) >= 11 is 7.22. The Bertz CT molecular complexity index is 713. The van der Waals surface area contributed by atoms with Crippen LogP contribution in [0.5, 0.6) is 0 Å². The molecule has 3 rings (SSSR count). The Kier molecular flexibility index (Phi) is 2.08. The molecule has 0 saturated carbocycles. The summed E-state index contributed by atoms with van der Waals surface area (Å²) in [5.74, 6) is 0. The van der Waals surface area contributed by atoms with E-state index in [0.29, 0.717) is 15.4 Å². The van der Waals surface area contributed by atoms with Crippen LogP contribution in [0.3, 0.4) is 0 Å². The largest absolute Gasteiger partial charge is 0.452 e. The topological polar surface area (TPSA) is 58.9 Å². The lowest BCUT2D eigenvalue weighted by molar-refractivity contribution is 0.570. The highest BCUT2D eigenvalue weighted by Gasteiger charge is 2.12. The Balaban J connectivity index is 2.31. The van der Waals surface area contributed by atoms with Crippen LogP contribution in [0, 0.1) is 0 Å². The predicted molar refractivity (Wildman–Crippen MR) is 63.0 cm³/mol. The second-order valence-electron chi connectivity index (χ2n) is 3.16. The second-order valence-corrected chi connectivity index (χ2v) is 4.56. The van der Waals surface area contributed by atoms with Gasteiger partial charge in [0.2, 0.25) is 5.22 Å². The summed E-state index contributed by atoms with van der Waals surface area (Å²) in [6.45, 7) is 0. The number of nitrogens with one attached hydrogen (secondary N) is 1. The molecule has 3 aromatic heterocycles. The molecule has 0 aliphatic heterocycles. The number of fused-ring (bicyclic) bond motifs is 1. The van der Waals surface area contributed by atoms with Crippen molar-refractivity contribution in [1.82, 2.24) is 9.97 Å². The first-order valence-corrected chi connectivity index (χ1v) is 5.66. The lowest BCUT2D eigenvalue weighted by Crippen LogP contribution is -2.02. The average Bonchev–Trinajstić information content (AvgIpc) is 2.84. The van der Waals surface area contributed by atoms with E-state index in [1.54, 1.807) is 6.07 Å². The van der Waals surface area contributed by atoms with Crippen molar-refractivity contribution >= 4 is 33.2 Å². The molecule has 0 fully saturated rings. The highest BCUT2D eigenvalue weighted by atomic mass is 35.5. The number of furan rings is 1. The molecule has 0 aliphatic rings. The van der Waals surface area contributed by atoms with E-state index < -0.39 is 0 Å². The van der Waals surface area contributed by atoms with Crippen molar-refractivity contribution in [3.8, 4) is 10.4 Å². The zero-order valence-corrected chi connectivity index (χ0v) is 9.43. The van der Waals surface area contributed by atoms with Crippen LogP contribution in [-0.2, 0) is 0 Å². The van der Waals surface area contributed by atoms with Crippen LogP contribution in [0.1, 0.15) is 0 Å². The Morgan fingerprint density at radius 1 is 1.50 bits per heavy atom. The van der Waals surface area contributed by atoms with E-state index in [0.717, 1.165) is 10.4 Å². The molecule has 0 amide bonds. The fourth-order valence-corrected chi connectivity index (χ4v) is 2.77. The molecule has 3 heterocycles. The normalized spacial score (nSPS) is 11.1. The van der Waals surface area contributed by atoms with Crippen LogP contribution in [0.4, 0.5) is 0 Å². The van der Waals surface area contributed by atoms with Gasteiger partial charge in [-0.3, -0.25) is 4.79 Å². The maximum Gasteiger partial charge on any atom is 0.268 e. The molecule has 80 valence electrons. The van der Waals surface area contributed by atoms with Crippen molar-refractivity contribution in [1.29, 1.82) is 0 Å². The summed E-state index contributed by atoms with van der Waals surface area (Å²) in [5.41, 5.74) is 1.31. The van der Waals surface area contributed by atoms with Crippen molar-refractivity contribution in [3.63, 3.8) is 0 Å². The van der Waals surface area contributed by atoms with Gasteiger partial charge >= 0.3 is 0 Å². The molecule has 0 aliphatic carbocycles. The number of aromatic amines is 1. The third-order valence-corrected chi connectivity index (χ3v) is 3.65. The molecule has 6 heteroatoms. The van der Waals surface area contributed by atoms with E-state index in [2.05, 4.69) is 9.97 Å². The van der Waals surface area contributed by atoms with Crippen LogP contribution in [0.2, 0.25) is 5.22 Å². The maximum absolute atomic E-state index is 11.5. The highest BCUT2D eigenvalue weighted by Crippen LogP contribution is 2.35. The quantitative estimate of drug-likeness (QED) is 0.724. The predicted octanol–water partition coefficient (Wildman–Crippen LogP) is 2.90. The molecule has 4 nitrogen and oxygen atoms in total. The first kappa shape index (κ1) is 9.62. The number of H-pyrrole nitrogens is 1. The molecular weight excluding hydrogens is 248 g/mol. The van der Waals surface area contributed by atoms with Gasteiger partial charge in [-0.1, -0.05) is 0 Å². The molecule has 3 aromatic rings. The lowest BCUT2D eigenvalue weighted by atomic mass is 10.3. The number of halogens is 1. The van der Waals surface area contributed by atoms with Crippen LogP contribution >= 0.6 is 22.9 Å². The van der Waals surface area contributed by atoms with Gasteiger partial charge in [-0.25, -0.2) is 4.98 Å². The Morgan fingerprint density at radius 3 is 3.06 bits per heavy atom. The van der Waals surface area contributed by atoms with Crippen LogP contribution in [-0.4, -0.2) is 9.97 Å². The fraction of sp³-hybridized carbons (Fsp3) is 0. The number of hydrogen-bond donors (Lipinski definition) is 1. The molecule has 0 atom stereocenters. The SMILES string of the molecule is O=c1[nH]cnc2cc(-c3ccoc3Cl)sc12. The number of hydrogen-bond acceptors (Lipinski definition) is 4. The van der Waals surface area contributed by atoms with Crippen molar-refractivity contribution in [2.24, 2.45) is 0 Å². The van der Waals surface area contributed by atoms with E-state index in [1.807, 2.05) is 6.07 Å². The molecule has 1 N–H and O–H groups in total. The molecule has 0 unspecified atom stereocenters.